The summed E-state index contributed by atoms with van der Waals surface area (Å²) < 4.78 is 0.984. The Bertz CT molecular complexity index is 432. The molecule has 0 saturated heterocycles. The maximum absolute atomic E-state index is 11.6. The Kier molecular flexibility index (Phi) is 4.05. The van der Waals surface area contributed by atoms with E-state index in [4.69, 9.17) is 5.73 Å². The molecule has 0 aliphatic carbocycles. The number of hydrogen-bond acceptors (Lipinski definition) is 2. The molecular formula is C13H17BrN2O. The minimum atomic E-state index is -0.343. The molecule has 0 saturated carbocycles. The second-order valence-corrected chi connectivity index (χ2v) is 5.26. The molecule has 17 heavy (non-hydrogen) atoms. The molecule has 92 valence electrons. The first kappa shape index (κ1) is 12.4. The van der Waals surface area contributed by atoms with Crippen LogP contribution in [0.4, 0.5) is 5.69 Å². The van der Waals surface area contributed by atoms with Crippen LogP contribution in [0.5, 0.6) is 0 Å². The van der Waals surface area contributed by atoms with Crippen LogP contribution in [0.25, 0.3) is 0 Å². The summed E-state index contributed by atoms with van der Waals surface area (Å²) in [7, 11) is 0. The van der Waals surface area contributed by atoms with Crippen LogP contribution in [-0.4, -0.2) is 12.5 Å². The fourth-order valence-electron chi connectivity index (χ4n) is 2.30. The highest BCUT2D eigenvalue weighted by Gasteiger charge is 2.17. The highest BCUT2D eigenvalue weighted by atomic mass is 79.9. The third-order valence-electron chi connectivity index (χ3n) is 3.17. The molecule has 1 aromatic rings. The fourth-order valence-corrected chi connectivity index (χ4v) is 2.83. The summed E-state index contributed by atoms with van der Waals surface area (Å²) in [4.78, 5) is 11.6. The van der Waals surface area contributed by atoms with Gasteiger partial charge in [0, 0.05) is 16.7 Å². The topological polar surface area (TPSA) is 55.1 Å². The number of hydrogen-bond donors (Lipinski definition) is 2. The van der Waals surface area contributed by atoms with Gasteiger partial charge in [0.05, 0.1) is 5.56 Å². The number of nitrogens with one attached hydrogen (secondary N) is 1. The number of nitrogens with two attached hydrogens (primary N) is 1. The predicted molar refractivity (Wildman–Crippen MR) is 73.3 cm³/mol. The highest BCUT2D eigenvalue weighted by molar-refractivity contribution is 9.10. The van der Waals surface area contributed by atoms with Crippen LogP contribution in [0, 0.1) is 0 Å². The first-order valence-corrected chi connectivity index (χ1v) is 6.84. The SMILES string of the molecule is NC(=O)c1c2ccc(Br)c1CCCCCCN2. The van der Waals surface area contributed by atoms with Crippen molar-refractivity contribution in [3.8, 4) is 0 Å². The number of carbonyl (C=O) groups excluding carboxylic acids is 1. The van der Waals surface area contributed by atoms with E-state index >= 15 is 0 Å². The average Bonchev–Trinajstić information content (AvgIpc) is 2.30. The number of anilines is 1. The van der Waals surface area contributed by atoms with E-state index in [0.29, 0.717) is 5.56 Å². The summed E-state index contributed by atoms with van der Waals surface area (Å²) in [6.45, 7) is 0.904. The molecule has 2 bridgehead atoms. The molecule has 1 aliphatic rings. The first-order valence-electron chi connectivity index (χ1n) is 6.05. The summed E-state index contributed by atoms with van der Waals surface area (Å²) in [6, 6.07) is 3.92. The maximum Gasteiger partial charge on any atom is 0.251 e. The largest absolute Gasteiger partial charge is 0.384 e. The molecule has 3 N–H and O–H groups in total. The molecule has 1 aromatic carbocycles. The molecule has 0 atom stereocenters. The number of rotatable bonds is 1. The highest BCUT2D eigenvalue weighted by Crippen LogP contribution is 2.29. The van der Waals surface area contributed by atoms with E-state index in [1.54, 1.807) is 0 Å². The van der Waals surface area contributed by atoms with Crippen LogP contribution < -0.4 is 11.1 Å². The normalized spacial score (nSPS) is 16.1. The van der Waals surface area contributed by atoms with Crippen molar-refractivity contribution in [3.63, 3.8) is 0 Å². The average molecular weight is 297 g/mol. The van der Waals surface area contributed by atoms with Crippen LogP contribution >= 0.6 is 15.9 Å². The van der Waals surface area contributed by atoms with Crippen molar-refractivity contribution in [3.05, 3.63) is 27.7 Å². The molecule has 1 heterocycles. The number of halogens is 1. The number of fused-ring (bicyclic) bond motifs is 2. The maximum atomic E-state index is 11.6. The molecule has 1 amide bonds. The van der Waals surface area contributed by atoms with Crippen LogP contribution in [0.15, 0.2) is 16.6 Å². The summed E-state index contributed by atoms with van der Waals surface area (Å²) in [5.74, 6) is -0.343. The number of primary amides is 1. The van der Waals surface area contributed by atoms with Gasteiger partial charge in [0.15, 0.2) is 0 Å². The third kappa shape index (κ3) is 2.80. The smallest absolute Gasteiger partial charge is 0.251 e. The molecular weight excluding hydrogens is 280 g/mol. The third-order valence-corrected chi connectivity index (χ3v) is 3.91. The van der Waals surface area contributed by atoms with Gasteiger partial charge in [-0.05, 0) is 37.0 Å². The van der Waals surface area contributed by atoms with Crippen molar-refractivity contribution in [1.29, 1.82) is 0 Å². The summed E-state index contributed by atoms with van der Waals surface area (Å²) in [5, 5.41) is 3.31. The lowest BCUT2D eigenvalue weighted by Gasteiger charge is -2.17. The molecule has 3 nitrogen and oxygen atoms in total. The van der Waals surface area contributed by atoms with E-state index in [9.17, 15) is 4.79 Å². The first-order chi connectivity index (χ1) is 8.20. The van der Waals surface area contributed by atoms with E-state index in [2.05, 4.69) is 21.2 Å². The molecule has 0 radical (unpaired) electrons. The van der Waals surface area contributed by atoms with Crippen LogP contribution in [0.1, 0.15) is 41.6 Å². The van der Waals surface area contributed by atoms with Gasteiger partial charge in [-0.2, -0.15) is 0 Å². The lowest BCUT2D eigenvalue weighted by atomic mass is 9.97. The van der Waals surface area contributed by atoms with Gasteiger partial charge in [0.2, 0.25) is 0 Å². The van der Waals surface area contributed by atoms with E-state index in [1.165, 1.54) is 12.8 Å². The molecule has 4 heteroatoms. The van der Waals surface area contributed by atoms with Gasteiger partial charge in [0.1, 0.15) is 0 Å². The van der Waals surface area contributed by atoms with Crippen molar-refractivity contribution >= 4 is 27.5 Å². The molecule has 1 aliphatic heterocycles. The molecule has 2 rings (SSSR count). The quantitative estimate of drug-likeness (QED) is 0.837. The minimum Gasteiger partial charge on any atom is -0.384 e. The zero-order chi connectivity index (χ0) is 12.3. The second-order valence-electron chi connectivity index (χ2n) is 4.40. The Hall–Kier alpha value is -1.03. The summed E-state index contributed by atoms with van der Waals surface area (Å²) in [5.41, 5.74) is 8.08. The van der Waals surface area contributed by atoms with E-state index in [-0.39, 0.29) is 5.91 Å². The van der Waals surface area contributed by atoms with Crippen molar-refractivity contribution in [2.45, 2.75) is 32.1 Å². The Morgan fingerprint density at radius 1 is 1.24 bits per heavy atom. The molecule has 0 unspecified atom stereocenters. The second kappa shape index (κ2) is 5.54. The van der Waals surface area contributed by atoms with Crippen molar-refractivity contribution in [2.24, 2.45) is 5.73 Å². The van der Waals surface area contributed by atoms with Gasteiger partial charge in [-0.3, -0.25) is 4.79 Å². The van der Waals surface area contributed by atoms with Gasteiger partial charge in [-0.1, -0.05) is 28.8 Å². The summed E-state index contributed by atoms with van der Waals surface area (Å²) >= 11 is 3.51. The number of benzene rings is 1. The van der Waals surface area contributed by atoms with Crippen LogP contribution in [-0.2, 0) is 6.42 Å². The number of amides is 1. The predicted octanol–water partition coefficient (Wildman–Crippen LogP) is 3.08. The molecule has 0 aromatic heterocycles. The van der Waals surface area contributed by atoms with E-state index < -0.39 is 0 Å². The van der Waals surface area contributed by atoms with Crippen molar-refractivity contribution in [2.75, 3.05) is 11.9 Å². The standard InChI is InChI=1S/C13H17BrN2O/c14-10-6-7-11-12(13(15)17)9(10)5-3-1-2-4-8-16-11/h6-7,16H,1-5,8H2,(H2,15,17). The lowest BCUT2D eigenvalue weighted by molar-refractivity contribution is 0.1000. The van der Waals surface area contributed by atoms with Crippen molar-refractivity contribution in [1.82, 2.24) is 0 Å². The van der Waals surface area contributed by atoms with Crippen LogP contribution in [0.2, 0.25) is 0 Å². The Labute approximate surface area is 110 Å². The van der Waals surface area contributed by atoms with Crippen molar-refractivity contribution < 1.29 is 4.79 Å². The molecule has 0 fully saturated rings. The van der Waals surface area contributed by atoms with Crippen LogP contribution in [0.3, 0.4) is 0 Å². The van der Waals surface area contributed by atoms with Gasteiger partial charge in [-0.25, -0.2) is 0 Å². The molecule has 0 spiro atoms. The van der Waals surface area contributed by atoms with Gasteiger partial charge >= 0.3 is 0 Å². The minimum absolute atomic E-state index is 0.343. The van der Waals surface area contributed by atoms with E-state index in [0.717, 1.165) is 41.5 Å². The van der Waals surface area contributed by atoms with Gasteiger partial charge < -0.3 is 11.1 Å². The Morgan fingerprint density at radius 2 is 2.00 bits per heavy atom. The zero-order valence-corrected chi connectivity index (χ0v) is 11.3. The lowest BCUT2D eigenvalue weighted by Crippen LogP contribution is -2.18. The Morgan fingerprint density at radius 3 is 2.76 bits per heavy atom. The summed E-state index contributed by atoms with van der Waals surface area (Å²) in [6.07, 6.45) is 5.61. The fraction of sp³-hybridized carbons (Fsp3) is 0.462. The monoisotopic (exact) mass is 296 g/mol. The van der Waals surface area contributed by atoms with Gasteiger partial charge in [0.25, 0.3) is 5.91 Å². The number of carbonyl (C=O) groups is 1. The zero-order valence-electron chi connectivity index (χ0n) is 9.76. The Balaban J connectivity index is 2.47. The van der Waals surface area contributed by atoms with Gasteiger partial charge in [-0.15, -0.1) is 0 Å². The van der Waals surface area contributed by atoms with E-state index in [1.807, 2.05) is 12.1 Å².